The molecule has 2 rings (SSSR count). The van der Waals surface area contributed by atoms with Gasteiger partial charge >= 0.3 is 0 Å². The van der Waals surface area contributed by atoms with E-state index in [0.29, 0.717) is 16.6 Å². The molecule has 0 bridgehead atoms. The van der Waals surface area contributed by atoms with Gasteiger partial charge in [-0.25, -0.2) is 4.39 Å². The first kappa shape index (κ1) is 6.97. The Bertz CT molecular complexity index is 391. The third-order valence-corrected chi connectivity index (χ3v) is 1.64. The van der Waals surface area contributed by atoms with Crippen molar-refractivity contribution in [2.75, 3.05) is 5.73 Å². The average molecular weight is 163 g/mol. The molecule has 0 saturated carbocycles. The average Bonchev–Trinajstić information content (AvgIpc) is 2.04. The van der Waals surface area contributed by atoms with Crippen molar-refractivity contribution in [3.63, 3.8) is 0 Å². The van der Waals surface area contributed by atoms with Crippen molar-refractivity contribution >= 4 is 16.6 Å². The Morgan fingerprint density at radius 1 is 1.33 bits per heavy atom. The van der Waals surface area contributed by atoms with E-state index in [1.807, 2.05) is 0 Å². The van der Waals surface area contributed by atoms with Crippen molar-refractivity contribution in [1.29, 1.82) is 0 Å². The molecule has 4 heteroatoms. The summed E-state index contributed by atoms with van der Waals surface area (Å²) in [7, 11) is 0. The van der Waals surface area contributed by atoms with Gasteiger partial charge in [-0.3, -0.25) is 0 Å². The molecule has 0 spiro atoms. The van der Waals surface area contributed by atoms with Gasteiger partial charge in [-0.2, -0.15) is 10.2 Å². The molecular formula is C8H6FN3. The summed E-state index contributed by atoms with van der Waals surface area (Å²) in [5.74, 6) is -0.361. The summed E-state index contributed by atoms with van der Waals surface area (Å²) >= 11 is 0. The molecule has 3 nitrogen and oxygen atoms in total. The molecule has 0 fully saturated rings. The minimum absolute atomic E-state index is 0.318. The number of anilines is 1. The van der Waals surface area contributed by atoms with Gasteiger partial charge in [0.05, 0.1) is 22.8 Å². The first-order valence-corrected chi connectivity index (χ1v) is 3.44. The highest BCUT2D eigenvalue weighted by Gasteiger charge is 2.03. The lowest BCUT2D eigenvalue weighted by Crippen LogP contribution is -1.93. The predicted molar refractivity (Wildman–Crippen MR) is 43.9 cm³/mol. The number of rotatable bonds is 0. The van der Waals surface area contributed by atoms with Crippen LogP contribution in [0.2, 0.25) is 0 Å². The molecule has 0 amide bonds. The molecule has 2 aromatic rings. The maximum Gasteiger partial charge on any atom is 0.134 e. The third-order valence-electron chi connectivity index (χ3n) is 1.64. The van der Waals surface area contributed by atoms with E-state index in [0.717, 1.165) is 0 Å². The summed E-state index contributed by atoms with van der Waals surface area (Å²) in [6, 6.07) is 4.59. The normalized spacial score (nSPS) is 10.4. The molecule has 2 N–H and O–H groups in total. The maximum absolute atomic E-state index is 13.1. The first-order valence-electron chi connectivity index (χ1n) is 3.44. The topological polar surface area (TPSA) is 51.8 Å². The standard InChI is InChI=1S/C8H6FN3/c9-5-2-1-3-7-8(5)6(10)4-11-12-7/h1-4H,(H2,10,12). The van der Waals surface area contributed by atoms with Gasteiger partial charge in [-0.05, 0) is 12.1 Å². The number of nitrogens with zero attached hydrogens (tertiary/aromatic N) is 2. The largest absolute Gasteiger partial charge is 0.397 e. The van der Waals surface area contributed by atoms with Crippen molar-refractivity contribution in [1.82, 2.24) is 10.2 Å². The van der Waals surface area contributed by atoms with Gasteiger partial charge < -0.3 is 5.73 Å². The van der Waals surface area contributed by atoms with E-state index in [2.05, 4.69) is 10.2 Å². The maximum atomic E-state index is 13.1. The van der Waals surface area contributed by atoms with Crippen LogP contribution in [-0.4, -0.2) is 10.2 Å². The number of nitrogens with two attached hydrogens (primary N) is 1. The molecule has 12 heavy (non-hydrogen) atoms. The monoisotopic (exact) mass is 163 g/mol. The van der Waals surface area contributed by atoms with Crippen LogP contribution >= 0.6 is 0 Å². The van der Waals surface area contributed by atoms with Crippen molar-refractivity contribution < 1.29 is 4.39 Å². The summed E-state index contributed by atoms with van der Waals surface area (Å²) in [5, 5.41) is 7.68. The summed E-state index contributed by atoms with van der Waals surface area (Å²) in [6.45, 7) is 0. The summed E-state index contributed by atoms with van der Waals surface area (Å²) in [5.41, 5.74) is 6.31. The molecule has 0 radical (unpaired) electrons. The van der Waals surface area contributed by atoms with Crippen molar-refractivity contribution in [2.24, 2.45) is 0 Å². The number of benzene rings is 1. The van der Waals surface area contributed by atoms with Crippen LogP contribution in [-0.2, 0) is 0 Å². The van der Waals surface area contributed by atoms with E-state index in [9.17, 15) is 4.39 Å². The fraction of sp³-hybridized carbons (Fsp3) is 0. The van der Waals surface area contributed by atoms with Crippen LogP contribution in [0.15, 0.2) is 24.4 Å². The molecule has 1 heterocycles. The van der Waals surface area contributed by atoms with E-state index in [1.165, 1.54) is 12.3 Å². The number of fused-ring (bicyclic) bond motifs is 1. The van der Waals surface area contributed by atoms with Gasteiger partial charge in [0, 0.05) is 0 Å². The zero-order chi connectivity index (χ0) is 8.55. The van der Waals surface area contributed by atoms with E-state index in [-0.39, 0.29) is 5.82 Å². The van der Waals surface area contributed by atoms with E-state index in [4.69, 9.17) is 5.73 Å². The van der Waals surface area contributed by atoms with Crippen molar-refractivity contribution in [3.8, 4) is 0 Å². The van der Waals surface area contributed by atoms with Crippen LogP contribution in [0, 0.1) is 5.82 Å². The molecule has 60 valence electrons. The number of aromatic nitrogens is 2. The van der Waals surface area contributed by atoms with Gasteiger partial charge in [-0.15, -0.1) is 0 Å². The number of nitrogen functional groups attached to an aromatic ring is 1. The minimum Gasteiger partial charge on any atom is -0.397 e. The molecule has 1 aromatic heterocycles. The summed E-state index contributed by atoms with van der Waals surface area (Å²) < 4.78 is 13.1. The lowest BCUT2D eigenvalue weighted by Gasteiger charge is -1.99. The SMILES string of the molecule is Nc1cnnc2cccc(F)c12. The Kier molecular flexibility index (Phi) is 1.40. The van der Waals surface area contributed by atoms with Gasteiger partial charge in [0.25, 0.3) is 0 Å². The Morgan fingerprint density at radius 3 is 2.92 bits per heavy atom. The zero-order valence-corrected chi connectivity index (χ0v) is 6.16. The van der Waals surface area contributed by atoms with Crippen molar-refractivity contribution in [3.05, 3.63) is 30.2 Å². The molecule has 0 aliphatic carbocycles. The molecule has 0 aliphatic heterocycles. The highest BCUT2D eigenvalue weighted by molar-refractivity contribution is 5.89. The second-order valence-corrected chi connectivity index (χ2v) is 2.43. The highest BCUT2D eigenvalue weighted by Crippen LogP contribution is 2.19. The fourth-order valence-corrected chi connectivity index (χ4v) is 1.10. The summed E-state index contributed by atoms with van der Waals surface area (Å²) in [6.07, 6.45) is 1.34. The van der Waals surface area contributed by atoms with Crippen LogP contribution in [0.25, 0.3) is 10.9 Å². The molecule has 0 aliphatic rings. The number of halogens is 1. The Morgan fingerprint density at radius 2 is 2.17 bits per heavy atom. The lowest BCUT2D eigenvalue weighted by atomic mass is 10.2. The Hall–Kier alpha value is -1.71. The predicted octanol–water partition coefficient (Wildman–Crippen LogP) is 1.35. The van der Waals surface area contributed by atoms with E-state index >= 15 is 0 Å². The zero-order valence-electron chi connectivity index (χ0n) is 6.16. The second kappa shape index (κ2) is 2.41. The van der Waals surface area contributed by atoms with Crippen LogP contribution in [0.1, 0.15) is 0 Å². The highest BCUT2D eigenvalue weighted by atomic mass is 19.1. The van der Waals surface area contributed by atoms with Gasteiger partial charge in [0.2, 0.25) is 0 Å². The smallest absolute Gasteiger partial charge is 0.134 e. The van der Waals surface area contributed by atoms with Crippen LogP contribution in [0.3, 0.4) is 0 Å². The first-order chi connectivity index (χ1) is 5.79. The number of hydrogen-bond donors (Lipinski definition) is 1. The Balaban J connectivity index is 2.96. The number of hydrogen-bond acceptors (Lipinski definition) is 3. The molecule has 0 unspecified atom stereocenters. The van der Waals surface area contributed by atoms with E-state index in [1.54, 1.807) is 12.1 Å². The van der Waals surface area contributed by atoms with Crippen molar-refractivity contribution in [2.45, 2.75) is 0 Å². The Labute approximate surface area is 68.0 Å². The van der Waals surface area contributed by atoms with Crippen LogP contribution in [0.5, 0.6) is 0 Å². The third kappa shape index (κ3) is 0.887. The minimum atomic E-state index is -0.361. The lowest BCUT2D eigenvalue weighted by molar-refractivity contribution is 0.639. The molecule has 0 saturated heterocycles. The second-order valence-electron chi connectivity index (χ2n) is 2.43. The molecule has 1 aromatic carbocycles. The van der Waals surface area contributed by atoms with Crippen LogP contribution in [0.4, 0.5) is 10.1 Å². The fourth-order valence-electron chi connectivity index (χ4n) is 1.10. The summed E-state index contributed by atoms with van der Waals surface area (Å²) in [4.78, 5) is 0. The van der Waals surface area contributed by atoms with E-state index < -0.39 is 0 Å². The van der Waals surface area contributed by atoms with Crippen LogP contribution < -0.4 is 5.73 Å². The van der Waals surface area contributed by atoms with Gasteiger partial charge in [0.1, 0.15) is 5.82 Å². The quantitative estimate of drug-likeness (QED) is 0.637. The molecular weight excluding hydrogens is 157 g/mol. The van der Waals surface area contributed by atoms with Gasteiger partial charge in [-0.1, -0.05) is 6.07 Å². The molecule has 0 atom stereocenters. The van der Waals surface area contributed by atoms with Gasteiger partial charge in [0.15, 0.2) is 0 Å².